The Balaban J connectivity index is 1.43. The number of amides is 2. The van der Waals surface area contributed by atoms with Crippen LogP contribution < -0.4 is 10.6 Å². The summed E-state index contributed by atoms with van der Waals surface area (Å²) in [6.07, 6.45) is 1.77. The fraction of sp³-hybridized carbons (Fsp3) is 0.261. The molecule has 0 spiro atoms. The van der Waals surface area contributed by atoms with Crippen LogP contribution in [0.4, 0.5) is 16.5 Å². The molecule has 2 aliphatic rings. The summed E-state index contributed by atoms with van der Waals surface area (Å²) in [5.41, 5.74) is 4.37. The molecule has 5 rings (SSSR count). The minimum Gasteiger partial charge on any atom is -0.378 e. The van der Waals surface area contributed by atoms with Gasteiger partial charge < -0.3 is 20.3 Å². The maximum Gasteiger partial charge on any atom is 0.254 e. The highest BCUT2D eigenvalue weighted by atomic mass is 35.5. The average Bonchev–Trinajstić information content (AvgIpc) is 3.50. The van der Waals surface area contributed by atoms with Crippen LogP contribution in [-0.2, 0) is 16.1 Å². The Labute approximate surface area is 204 Å². The first-order chi connectivity index (χ1) is 16.5. The lowest BCUT2D eigenvalue weighted by Gasteiger charge is -2.27. The number of anilines is 3. The maximum atomic E-state index is 13.1. The number of aromatic nitrogens is 2. The number of ether oxygens (including phenoxy) is 1. The molecule has 11 heteroatoms. The second kappa shape index (κ2) is 9.49. The van der Waals surface area contributed by atoms with Crippen molar-refractivity contribution in [1.82, 2.24) is 15.1 Å². The molecule has 2 aliphatic heterocycles. The van der Waals surface area contributed by atoms with Gasteiger partial charge in [-0.2, -0.15) is 0 Å². The maximum absolute atomic E-state index is 13.1. The Bertz CT molecular complexity index is 1300. The van der Waals surface area contributed by atoms with E-state index in [9.17, 15) is 9.59 Å². The number of aliphatic imine (C=N–C) groups is 1. The summed E-state index contributed by atoms with van der Waals surface area (Å²) >= 11 is 7.86. The van der Waals surface area contributed by atoms with Crippen molar-refractivity contribution in [2.24, 2.45) is 4.99 Å². The van der Waals surface area contributed by atoms with Crippen LogP contribution in [0.5, 0.6) is 0 Å². The smallest absolute Gasteiger partial charge is 0.254 e. The zero-order chi connectivity index (χ0) is 23.7. The Morgan fingerprint density at radius 2 is 1.97 bits per heavy atom. The highest BCUT2D eigenvalue weighted by Gasteiger charge is 2.21. The normalized spacial score (nSPS) is 14.7. The second-order valence-corrected chi connectivity index (χ2v) is 9.25. The van der Waals surface area contributed by atoms with Gasteiger partial charge >= 0.3 is 0 Å². The molecule has 0 saturated carbocycles. The molecule has 34 heavy (non-hydrogen) atoms. The van der Waals surface area contributed by atoms with Crippen LogP contribution >= 0.6 is 22.9 Å². The van der Waals surface area contributed by atoms with E-state index in [0.717, 1.165) is 11.1 Å². The van der Waals surface area contributed by atoms with Gasteiger partial charge in [0, 0.05) is 48.6 Å². The lowest BCUT2D eigenvalue weighted by atomic mass is 10.1. The van der Waals surface area contributed by atoms with Gasteiger partial charge in [0.2, 0.25) is 11.0 Å². The lowest BCUT2D eigenvalue weighted by Crippen LogP contribution is -2.40. The van der Waals surface area contributed by atoms with Gasteiger partial charge in [-0.1, -0.05) is 29.0 Å². The van der Waals surface area contributed by atoms with E-state index in [0.29, 0.717) is 70.5 Å². The average molecular weight is 497 g/mol. The minimum absolute atomic E-state index is 0.119. The van der Waals surface area contributed by atoms with E-state index in [2.05, 4.69) is 25.8 Å². The summed E-state index contributed by atoms with van der Waals surface area (Å²) in [6.45, 7) is 4.12. The van der Waals surface area contributed by atoms with Gasteiger partial charge in [-0.3, -0.25) is 14.6 Å². The molecule has 1 saturated heterocycles. The zero-order valence-electron chi connectivity index (χ0n) is 18.3. The topological polar surface area (TPSA) is 109 Å². The third-order valence-corrected chi connectivity index (χ3v) is 6.76. The van der Waals surface area contributed by atoms with Crippen LogP contribution in [0.15, 0.2) is 35.3 Å². The van der Waals surface area contributed by atoms with Gasteiger partial charge in [-0.15, -0.1) is 10.2 Å². The van der Waals surface area contributed by atoms with E-state index in [-0.39, 0.29) is 11.8 Å². The summed E-state index contributed by atoms with van der Waals surface area (Å²) in [5, 5.41) is 16.3. The summed E-state index contributed by atoms with van der Waals surface area (Å²) < 4.78 is 5.35. The van der Waals surface area contributed by atoms with E-state index in [1.807, 2.05) is 12.1 Å². The summed E-state index contributed by atoms with van der Waals surface area (Å²) in [4.78, 5) is 30.8. The Hall–Kier alpha value is -3.34. The fourth-order valence-electron chi connectivity index (χ4n) is 3.85. The summed E-state index contributed by atoms with van der Waals surface area (Å²) in [6, 6.07) is 9.11. The van der Waals surface area contributed by atoms with Gasteiger partial charge in [-0.05, 0) is 29.8 Å². The SMILES string of the molecule is CC(=O)Nc1cc(C(=O)N2CCOCC2)cc(-c2nnc(Nc3ccc4c(c3Cl)C=NC4)s2)c1. The molecule has 1 aromatic heterocycles. The Morgan fingerprint density at radius 1 is 1.15 bits per heavy atom. The number of nitrogens with one attached hydrogen (secondary N) is 2. The predicted molar refractivity (Wildman–Crippen MR) is 132 cm³/mol. The molecule has 2 N–H and O–H groups in total. The largest absolute Gasteiger partial charge is 0.378 e. The Morgan fingerprint density at radius 3 is 2.76 bits per heavy atom. The van der Waals surface area contributed by atoms with Crippen molar-refractivity contribution in [1.29, 1.82) is 0 Å². The van der Waals surface area contributed by atoms with Crippen molar-refractivity contribution in [3.8, 4) is 10.6 Å². The minimum atomic E-state index is -0.226. The number of hydrogen-bond donors (Lipinski definition) is 2. The monoisotopic (exact) mass is 496 g/mol. The van der Waals surface area contributed by atoms with E-state index >= 15 is 0 Å². The predicted octanol–water partition coefficient (Wildman–Crippen LogP) is 3.97. The third-order valence-electron chi connectivity index (χ3n) is 5.46. The molecule has 0 atom stereocenters. The van der Waals surface area contributed by atoms with Gasteiger partial charge in [0.1, 0.15) is 5.01 Å². The molecule has 9 nitrogen and oxygen atoms in total. The van der Waals surface area contributed by atoms with E-state index in [4.69, 9.17) is 16.3 Å². The molecule has 0 unspecified atom stereocenters. The molecule has 0 bridgehead atoms. The van der Waals surface area contributed by atoms with Crippen LogP contribution in [0.25, 0.3) is 10.6 Å². The molecule has 3 heterocycles. The molecule has 174 valence electrons. The molecule has 2 aromatic carbocycles. The number of rotatable bonds is 5. The summed E-state index contributed by atoms with van der Waals surface area (Å²) in [7, 11) is 0. The standard InChI is InChI=1S/C23H21ClN6O3S/c1-13(31)26-17-9-15(8-16(10-17)22(32)30-4-6-33-7-5-30)21-28-29-23(34-21)27-19-3-2-14-11-25-12-18(14)20(19)24/h2-3,8-10,12H,4-7,11H2,1H3,(H,26,31)(H,27,29). The van der Waals surface area contributed by atoms with E-state index in [1.165, 1.54) is 18.3 Å². The number of morpholine rings is 1. The number of benzene rings is 2. The molecule has 0 radical (unpaired) electrons. The number of carbonyl (C=O) groups excluding carboxylic acids is 2. The number of nitrogens with zero attached hydrogens (tertiary/aromatic N) is 4. The first-order valence-electron chi connectivity index (χ1n) is 10.7. The highest BCUT2D eigenvalue weighted by Crippen LogP contribution is 2.35. The second-order valence-electron chi connectivity index (χ2n) is 7.89. The molecular formula is C23H21ClN6O3S. The van der Waals surface area contributed by atoms with Crippen LogP contribution in [0.3, 0.4) is 0 Å². The van der Waals surface area contributed by atoms with E-state index < -0.39 is 0 Å². The van der Waals surface area contributed by atoms with Crippen LogP contribution in [-0.4, -0.2) is 59.4 Å². The molecule has 2 amide bonds. The van der Waals surface area contributed by atoms with Gasteiger partial charge in [0.05, 0.1) is 30.5 Å². The van der Waals surface area contributed by atoms with Gasteiger partial charge in [0.25, 0.3) is 5.91 Å². The first kappa shape index (κ1) is 22.5. The first-order valence-corrected chi connectivity index (χ1v) is 11.9. The fourth-order valence-corrected chi connectivity index (χ4v) is 4.87. The Kier molecular flexibility index (Phi) is 6.27. The molecule has 0 aliphatic carbocycles. The van der Waals surface area contributed by atoms with E-state index in [1.54, 1.807) is 29.3 Å². The highest BCUT2D eigenvalue weighted by molar-refractivity contribution is 7.18. The number of carbonyl (C=O) groups is 2. The van der Waals surface area contributed by atoms with Crippen molar-refractivity contribution in [2.75, 3.05) is 36.9 Å². The molecule has 3 aromatic rings. The van der Waals surface area contributed by atoms with Gasteiger partial charge in [-0.25, -0.2) is 0 Å². The van der Waals surface area contributed by atoms with Crippen molar-refractivity contribution in [2.45, 2.75) is 13.5 Å². The lowest BCUT2D eigenvalue weighted by molar-refractivity contribution is -0.114. The van der Waals surface area contributed by atoms with Crippen molar-refractivity contribution in [3.05, 3.63) is 52.0 Å². The van der Waals surface area contributed by atoms with Crippen LogP contribution in [0, 0.1) is 0 Å². The number of fused-ring (bicyclic) bond motifs is 1. The molecular weight excluding hydrogens is 476 g/mol. The third kappa shape index (κ3) is 4.65. The van der Waals surface area contributed by atoms with Crippen molar-refractivity contribution in [3.63, 3.8) is 0 Å². The van der Waals surface area contributed by atoms with Crippen molar-refractivity contribution < 1.29 is 14.3 Å². The summed E-state index contributed by atoms with van der Waals surface area (Å²) in [5.74, 6) is -0.345. The zero-order valence-corrected chi connectivity index (χ0v) is 19.9. The molecule has 1 fully saturated rings. The number of hydrogen-bond acceptors (Lipinski definition) is 8. The number of halogens is 1. The quantitative estimate of drug-likeness (QED) is 0.553. The van der Waals surface area contributed by atoms with Crippen molar-refractivity contribution >= 4 is 57.5 Å². The van der Waals surface area contributed by atoms with Crippen LogP contribution in [0.2, 0.25) is 5.02 Å². The van der Waals surface area contributed by atoms with Crippen LogP contribution in [0.1, 0.15) is 28.4 Å². The van der Waals surface area contributed by atoms with Gasteiger partial charge in [0.15, 0.2) is 0 Å².